The summed E-state index contributed by atoms with van der Waals surface area (Å²) in [5.74, 6) is -0.120. The van der Waals surface area contributed by atoms with Crippen LogP contribution in [0, 0.1) is 11.3 Å². The molecule has 1 atom stereocenters. The highest BCUT2D eigenvalue weighted by Crippen LogP contribution is 2.23. The van der Waals surface area contributed by atoms with E-state index in [-0.39, 0.29) is 17.0 Å². The highest BCUT2D eigenvalue weighted by molar-refractivity contribution is 7.90. The van der Waals surface area contributed by atoms with Gasteiger partial charge in [0, 0.05) is 0 Å². The molecule has 0 aliphatic heterocycles. The Balaban J connectivity index is 2.73. The average Bonchev–Trinajstić information content (AvgIpc) is 2.26. The van der Waals surface area contributed by atoms with E-state index in [2.05, 4.69) is 4.72 Å². The third-order valence-electron chi connectivity index (χ3n) is 3.28. The minimum Gasteiger partial charge on any atom is -0.386 e. The maximum absolute atomic E-state index is 12.1. The number of hydrogen-bond acceptors (Lipinski definition) is 3. The van der Waals surface area contributed by atoms with Gasteiger partial charge in [0.05, 0.1) is 11.3 Å². The highest BCUT2D eigenvalue weighted by Gasteiger charge is 2.31. The Morgan fingerprint density at radius 3 is 2.24 bits per heavy atom. The standard InChI is InChI=1S/C11H23N3O2S/c1-8(2)10(11(12)13)14-17(15,16)9-6-4-3-5-7-9/h8-10,14H,3-7H2,1-2H3,(H3,12,13). The lowest BCUT2D eigenvalue weighted by molar-refractivity contribution is 0.465. The van der Waals surface area contributed by atoms with Crippen molar-refractivity contribution >= 4 is 15.9 Å². The summed E-state index contributed by atoms with van der Waals surface area (Å²) >= 11 is 0. The molecule has 6 heteroatoms. The van der Waals surface area contributed by atoms with Gasteiger partial charge < -0.3 is 5.73 Å². The predicted molar refractivity (Wildman–Crippen MR) is 69.5 cm³/mol. The zero-order chi connectivity index (χ0) is 13.1. The average molecular weight is 261 g/mol. The molecular weight excluding hydrogens is 238 g/mol. The molecule has 5 nitrogen and oxygen atoms in total. The quantitative estimate of drug-likeness (QED) is 0.512. The maximum atomic E-state index is 12.1. The molecule has 0 heterocycles. The van der Waals surface area contributed by atoms with E-state index >= 15 is 0 Å². The minimum absolute atomic E-state index is 0.00846. The van der Waals surface area contributed by atoms with Gasteiger partial charge in [0.1, 0.15) is 5.84 Å². The van der Waals surface area contributed by atoms with Gasteiger partial charge in [0.2, 0.25) is 10.0 Å². The van der Waals surface area contributed by atoms with Crippen molar-refractivity contribution in [2.75, 3.05) is 0 Å². The van der Waals surface area contributed by atoms with Crippen LogP contribution in [-0.4, -0.2) is 25.5 Å². The summed E-state index contributed by atoms with van der Waals surface area (Å²) in [4.78, 5) is 0. The monoisotopic (exact) mass is 261 g/mol. The third kappa shape index (κ3) is 3.96. The smallest absolute Gasteiger partial charge is 0.215 e. The Bertz CT molecular complexity index is 359. The van der Waals surface area contributed by atoms with Crippen LogP contribution in [-0.2, 0) is 10.0 Å². The molecule has 1 unspecified atom stereocenters. The molecule has 1 rings (SSSR count). The number of rotatable bonds is 5. The predicted octanol–water partition coefficient (Wildman–Crippen LogP) is 1.20. The Labute approximate surface area is 104 Å². The summed E-state index contributed by atoms with van der Waals surface area (Å²) in [6.07, 6.45) is 4.50. The maximum Gasteiger partial charge on any atom is 0.215 e. The molecule has 17 heavy (non-hydrogen) atoms. The molecule has 4 N–H and O–H groups in total. The van der Waals surface area contributed by atoms with Gasteiger partial charge in [0.15, 0.2) is 0 Å². The first kappa shape index (κ1) is 14.4. The second-order valence-corrected chi connectivity index (χ2v) is 7.09. The molecule has 100 valence electrons. The molecule has 0 aromatic heterocycles. The number of sulfonamides is 1. The van der Waals surface area contributed by atoms with Crippen LogP contribution in [0.5, 0.6) is 0 Å². The van der Waals surface area contributed by atoms with Gasteiger partial charge in [-0.1, -0.05) is 33.1 Å². The van der Waals surface area contributed by atoms with E-state index in [0.717, 1.165) is 32.1 Å². The topological polar surface area (TPSA) is 96.0 Å². The molecule has 0 aromatic carbocycles. The molecule has 1 aliphatic carbocycles. The first-order valence-electron chi connectivity index (χ1n) is 6.19. The summed E-state index contributed by atoms with van der Waals surface area (Å²) < 4.78 is 26.9. The minimum atomic E-state index is -3.34. The molecule has 0 spiro atoms. The Kier molecular flexibility index (Phi) is 4.94. The summed E-state index contributed by atoms with van der Waals surface area (Å²) in [6.45, 7) is 3.71. The van der Waals surface area contributed by atoms with Crippen molar-refractivity contribution in [2.45, 2.75) is 57.2 Å². The molecule has 1 aliphatic rings. The van der Waals surface area contributed by atoms with Crippen molar-refractivity contribution in [1.82, 2.24) is 4.72 Å². The SMILES string of the molecule is CC(C)C(NS(=O)(=O)C1CCCCC1)C(=N)N. The van der Waals surface area contributed by atoms with Crippen LogP contribution in [0.2, 0.25) is 0 Å². The van der Waals surface area contributed by atoms with E-state index in [1.807, 2.05) is 13.8 Å². The van der Waals surface area contributed by atoms with Gasteiger partial charge in [-0.2, -0.15) is 0 Å². The van der Waals surface area contributed by atoms with E-state index in [4.69, 9.17) is 11.1 Å². The number of nitrogens with one attached hydrogen (secondary N) is 2. The van der Waals surface area contributed by atoms with Crippen LogP contribution < -0.4 is 10.5 Å². The van der Waals surface area contributed by atoms with Crippen molar-refractivity contribution in [3.8, 4) is 0 Å². The summed E-state index contributed by atoms with van der Waals surface area (Å²) in [6, 6.07) is -0.582. The molecule has 0 amide bonds. The lowest BCUT2D eigenvalue weighted by Gasteiger charge is -2.26. The second-order valence-electron chi connectivity index (χ2n) is 5.10. The third-order valence-corrected chi connectivity index (χ3v) is 5.22. The van der Waals surface area contributed by atoms with E-state index < -0.39 is 16.1 Å². The highest BCUT2D eigenvalue weighted by atomic mass is 32.2. The molecule has 1 fully saturated rings. The fraction of sp³-hybridized carbons (Fsp3) is 0.909. The van der Waals surface area contributed by atoms with Crippen LogP contribution in [0.15, 0.2) is 0 Å². The largest absolute Gasteiger partial charge is 0.386 e. The van der Waals surface area contributed by atoms with Crippen LogP contribution in [0.4, 0.5) is 0 Å². The van der Waals surface area contributed by atoms with Crippen LogP contribution in [0.3, 0.4) is 0 Å². The van der Waals surface area contributed by atoms with Gasteiger partial charge in [-0.05, 0) is 18.8 Å². The van der Waals surface area contributed by atoms with E-state index in [1.54, 1.807) is 0 Å². The van der Waals surface area contributed by atoms with Crippen molar-refractivity contribution in [2.24, 2.45) is 11.7 Å². The van der Waals surface area contributed by atoms with E-state index in [9.17, 15) is 8.42 Å². The molecular formula is C11H23N3O2S. The number of hydrogen-bond donors (Lipinski definition) is 3. The molecule has 0 saturated heterocycles. The zero-order valence-corrected chi connectivity index (χ0v) is 11.4. The van der Waals surface area contributed by atoms with Gasteiger partial charge in [-0.3, -0.25) is 5.41 Å². The van der Waals surface area contributed by atoms with Crippen LogP contribution >= 0.6 is 0 Å². The molecule has 0 bridgehead atoms. The second kappa shape index (κ2) is 5.82. The van der Waals surface area contributed by atoms with Crippen molar-refractivity contribution < 1.29 is 8.42 Å². The van der Waals surface area contributed by atoms with E-state index in [0.29, 0.717) is 0 Å². The Morgan fingerprint density at radius 2 is 1.82 bits per heavy atom. The van der Waals surface area contributed by atoms with Gasteiger partial charge in [-0.25, -0.2) is 13.1 Å². The fourth-order valence-corrected chi connectivity index (χ4v) is 4.11. The number of amidine groups is 1. The Hall–Kier alpha value is -0.620. The van der Waals surface area contributed by atoms with Gasteiger partial charge in [-0.15, -0.1) is 0 Å². The molecule has 0 aromatic rings. The van der Waals surface area contributed by atoms with Crippen molar-refractivity contribution in [3.05, 3.63) is 0 Å². The normalized spacial score (nSPS) is 20.4. The fourth-order valence-electron chi connectivity index (χ4n) is 2.21. The first-order valence-corrected chi connectivity index (χ1v) is 7.74. The van der Waals surface area contributed by atoms with E-state index in [1.165, 1.54) is 0 Å². The van der Waals surface area contributed by atoms with Crippen molar-refractivity contribution in [1.29, 1.82) is 5.41 Å². The summed E-state index contributed by atoms with van der Waals surface area (Å²) in [5.41, 5.74) is 5.43. The van der Waals surface area contributed by atoms with Gasteiger partial charge >= 0.3 is 0 Å². The summed E-state index contributed by atoms with van der Waals surface area (Å²) in [7, 11) is -3.34. The molecule has 1 saturated carbocycles. The Morgan fingerprint density at radius 1 is 1.29 bits per heavy atom. The summed E-state index contributed by atoms with van der Waals surface area (Å²) in [5, 5.41) is 7.12. The lowest BCUT2D eigenvalue weighted by atomic mass is 10.0. The van der Waals surface area contributed by atoms with Gasteiger partial charge in [0.25, 0.3) is 0 Å². The molecule has 0 radical (unpaired) electrons. The van der Waals surface area contributed by atoms with Crippen LogP contribution in [0.25, 0.3) is 0 Å². The lowest BCUT2D eigenvalue weighted by Crippen LogP contribution is -2.50. The van der Waals surface area contributed by atoms with Crippen molar-refractivity contribution in [3.63, 3.8) is 0 Å². The first-order chi connectivity index (χ1) is 7.84. The van der Waals surface area contributed by atoms with Crippen LogP contribution in [0.1, 0.15) is 46.0 Å². The zero-order valence-electron chi connectivity index (χ0n) is 10.6. The number of nitrogens with two attached hydrogens (primary N) is 1.